The Hall–Kier alpha value is -2.41. The van der Waals surface area contributed by atoms with Crippen LogP contribution in [0.1, 0.15) is 20.8 Å². The van der Waals surface area contributed by atoms with Crippen molar-refractivity contribution in [1.82, 2.24) is 9.55 Å². The van der Waals surface area contributed by atoms with E-state index in [1.807, 2.05) is 39.0 Å². The monoisotopic (exact) mass is 331 g/mol. The Morgan fingerprint density at radius 3 is 2.65 bits per heavy atom. The molecule has 2 aromatic heterocycles. The molecule has 23 heavy (non-hydrogen) atoms. The van der Waals surface area contributed by atoms with Crippen LogP contribution in [-0.2, 0) is 4.74 Å². The van der Waals surface area contributed by atoms with E-state index >= 15 is 0 Å². The first-order chi connectivity index (χ1) is 10.8. The minimum Gasteiger partial charge on any atom is -0.443 e. The molecule has 3 rings (SSSR count). The molecule has 0 amide bonds. The number of para-hydroxylation sites is 1. The molecule has 0 aliphatic heterocycles. The molecular weight excluding hydrogens is 314 g/mol. The van der Waals surface area contributed by atoms with E-state index in [1.165, 1.54) is 15.9 Å². The van der Waals surface area contributed by atoms with Gasteiger partial charge in [-0.15, -0.1) is 0 Å². The zero-order valence-corrected chi connectivity index (χ0v) is 14.2. The summed E-state index contributed by atoms with van der Waals surface area (Å²) >= 11 is 1.25. The number of aromatic nitrogens is 2. The van der Waals surface area contributed by atoms with Gasteiger partial charge in [-0.2, -0.15) is 4.98 Å². The summed E-state index contributed by atoms with van der Waals surface area (Å²) in [5, 5.41) is 4.45. The van der Waals surface area contributed by atoms with Crippen LogP contribution in [0.4, 0.5) is 9.93 Å². The predicted molar refractivity (Wildman–Crippen MR) is 92.6 cm³/mol. The number of ether oxygens (including phenoxy) is 1. The molecule has 0 aliphatic carbocycles. The summed E-state index contributed by atoms with van der Waals surface area (Å²) < 4.78 is 6.95. The summed E-state index contributed by atoms with van der Waals surface area (Å²) in [5.74, 6) is 0. The second-order valence-electron chi connectivity index (χ2n) is 6.09. The highest BCUT2D eigenvalue weighted by Gasteiger charge is 2.24. The third-order valence-corrected chi connectivity index (χ3v) is 4.30. The van der Waals surface area contributed by atoms with Gasteiger partial charge in [-0.3, -0.25) is 4.79 Å². The molecule has 2 heterocycles. The minimum atomic E-state index is -0.626. The molecule has 1 aromatic carbocycles. The summed E-state index contributed by atoms with van der Waals surface area (Å²) in [4.78, 5) is 29.6. The highest BCUT2D eigenvalue weighted by molar-refractivity contribution is 7.21. The topological polar surface area (TPSA) is 73.2 Å². The first-order valence-electron chi connectivity index (χ1n) is 7.17. The number of fused-ring (bicyclic) bond motifs is 3. The van der Waals surface area contributed by atoms with Crippen molar-refractivity contribution in [3.05, 3.63) is 34.6 Å². The number of hydrogen-bond acceptors (Lipinski definition) is 6. The van der Waals surface area contributed by atoms with E-state index < -0.39 is 11.7 Å². The van der Waals surface area contributed by atoms with Gasteiger partial charge in [-0.25, -0.2) is 9.36 Å². The van der Waals surface area contributed by atoms with E-state index in [0.717, 1.165) is 0 Å². The highest BCUT2D eigenvalue weighted by atomic mass is 32.1. The van der Waals surface area contributed by atoms with Gasteiger partial charge in [0.2, 0.25) is 0 Å². The summed E-state index contributed by atoms with van der Waals surface area (Å²) in [5.41, 5.74) is -0.347. The number of nitrogens with one attached hydrogen (secondary N) is 1. The molecule has 0 radical (unpaired) electrons. The maximum absolute atomic E-state index is 12.7. The van der Waals surface area contributed by atoms with Crippen molar-refractivity contribution < 1.29 is 9.53 Å². The number of carbonyl (C=O) groups is 1. The molecule has 0 fully saturated rings. The van der Waals surface area contributed by atoms with Crippen LogP contribution in [0.5, 0.6) is 0 Å². The molecule has 0 bridgehead atoms. The number of benzene rings is 1. The number of anilines is 1. The molecule has 0 saturated heterocycles. The van der Waals surface area contributed by atoms with Gasteiger partial charge in [0.15, 0.2) is 5.13 Å². The Bertz CT molecular complexity index is 966. The fourth-order valence-corrected chi connectivity index (χ4v) is 3.36. The normalized spacial score (nSPS) is 11.8. The zero-order valence-electron chi connectivity index (χ0n) is 13.3. The van der Waals surface area contributed by atoms with Crippen molar-refractivity contribution in [3.8, 4) is 0 Å². The van der Waals surface area contributed by atoms with Gasteiger partial charge in [0.05, 0.1) is 10.9 Å². The number of rotatable bonds is 1. The number of nitrogens with zero attached hydrogens (tertiary/aromatic N) is 2. The number of carbonyl (C=O) groups excluding carboxylic acids is 1. The lowest BCUT2D eigenvalue weighted by atomic mass is 10.2. The highest BCUT2D eigenvalue weighted by Crippen LogP contribution is 2.31. The molecule has 6 nitrogen and oxygen atoms in total. The van der Waals surface area contributed by atoms with E-state index in [0.29, 0.717) is 26.3 Å². The lowest BCUT2D eigenvalue weighted by molar-refractivity contribution is 0.0552. The Morgan fingerprint density at radius 1 is 1.30 bits per heavy atom. The van der Waals surface area contributed by atoms with Crippen molar-refractivity contribution in [3.63, 3.8) is 0 Å². The average Bonchev–Trinajstić information content (AvgIpc) is 2.79. The molecular formula is C16H17N3O3S. The van der Waals surface area contributed by atoms with Crippen LogP contribution in [0.25, 0.3) is 21.1 Å². The van der Waals surface area contributed by atoms with Gasteiger partial charge in [0, 0.05) is 12.4 Å². The van der Waals surface area contributed by atoms with Crippen molar-refractivity contribution in [1.29, 1.82) is 0 Å². The van der Waals surface area contributed by atoms with Crippen LogP contribution in [0.15, 0.2) is 29.1 Å². The van der Waals surface area contributed by atoms with E-state index in [9.17, 15) is 9.59 Å². The Labute approximate surface area is 136 Å². The van der Waals surface area contributed by atoms with Crippen LogP contribution >= 0.6 is 11.3 Å². The molecule has 1 N–H and O–H groups in total. The van der Waals surface area contributed by atoms with Gasteiger partial charge < -0.3 is 10.1 Å². The first-order valence-corrected chi connectivity index (χ1v) is 7.99. The standard InChI is InChI=1S/C16H17N3O3S/c1-16(2,3)22-15(21)19-10-8-6-5-7-9(10)11-12(20)18-14(17-4)23-13(11)19/h5-8H,1-4H3,(H,17,18,20). The molecule has 0 aliphatic rings. The van der Waals surface area contributed by atoms with Gasteiger partial charge in [-0.1, -0.05) is 29.5 Å². The van der Waals surface area contributed by atoms with Crippen LogP contribution in [0.3, 0.4) is 0 Å². The first kappa shape index (κ1) is 15.5. The second kappa shape index (κ2) is 5.34. The van der Waals surface area contributed by atoms with E-state index in [-0.39, 0.29) is 5.56 Å². The smallest absolute Gasteiger partial charge is 0.420 e. The van der Waals surface area contributed by atoms with E-state index in [1.54, 1.807) is 13.1 Å². The Balaban J connectivity index is 2.40. The van der Waals surface area contributed by atoms with Crippen molar-refractivity contribution in [2.24, 2.45) is 0 Å². The van der Waals surface area contributed by atoms with Crippen LogP contribution in [-0.4, -0.2) is 28.3 Å². The zero-order chi connectivity index (χ0) is 16.8. The van der Waals surface area contributed by atoms with Crippen molar-refractivity contribution in [2.75, 3.05) is 12.4 Å². The van der Waals surface area contributed by atoms with E-state index in [4.69, 9.17) is 4.74 Å². The van der Waals surface area contributed by atoms with Gasteiger partial charge in [-0.05, 0) is 26.8 Å². The molecule has 0 spiro atoms. The van der Waals surface area contributed by atoms with Crippen molar-refractivity contribution in [2.45, 2.75) is 26.4 Å². The summed E-state index contributed by atoms with van der Waals surface area (Å²) in [6, 6.07) is 7.26. The summed E-state index contributed by atoms with van der Waals surface area (Å²) in [6.45, 7) is 5.42. The Morgan fingerprint density at radius 2 is 2.00 bits per heavy atom. The molecule has 120 valence electrons. The lowest BCUT2D eigenvalue weighted by Gasteiger charge is -2.20. The second-order valence-corrected chi connectivity index (χ2v) is 7.06. The van der Waals surface area contributed by atoms with E-state index in [2.05, 4.69) is 10.3 Å². The fraction of sp³-hybridized carbons (Fsp3) is 0.312. The number of hydrogen-bond donors (Lipinski definition) is 1. The van der Waals surface area contributed by atoms with Crippen LogP contribution < -0.4 is 10.9 Å². The maximum Gasteiger partial charge on any atom is 0.420 e. The average molecular weight is 331 g/mol. The quantitative estimate of drug-likeness (QED) is 0.739. The summed E-state index contributed by atoms with van der Waals surface area (Å²) in [6.07, 6.45) is -0.507. The van der Waals surface area contributed by atoms with Crippen LogP contribution in [0.2, 0.25) is 0 Å². The Kier molecular flexibility index (Phi) is 3.60. The van der Waals surface area contributed by atoms with Gasteiger partial charge in [0.1, 0.15) is 10.4 Å². The lowest BCUT2D eigenvalue weighted by Crippen LogP contribution is -2.27. The molecule has 0 unspecified atom stereocenters. The third kappa shape index (κ3) is 2.68. The third-order valence-electron chi connectivity index (χ3n) is 3.23. The minimum absolute atomic E-state index is 0.360. The largest absolute Gasteiger partial charge is 0.443 e. The van der Waals surface area contributed by atoms with Crippen molar-refractivity contribution >= 4 is 43.7 Å². The SMILES string of the molecule is CNc1nc(=O)c2c3ccccc3n(C(=O)OC(C)(C)C)c2s1. The predicted octanol–water partition coefficient (Wildman–Crippen LogP) is 3.44. The molecule has 0 atom stereocenters. The molecule has 7 heteroatoms. The van der Waals surface area contributed by atoms with Crippen LogP contribution in [0, 0.1) is 0 Å². The fourth-order valence-electron chi connectivity index (χ4n) is 2.38. The maximum atomic E-state index is 12.7. The summed E-state index contributed by atoms with van der Waals surface area (Å²) in [7, 11) is 1.69. The van der Waals surface area contributed by atoms with Gasteiger partial charge >= 0.3 is 6.09 Å². The molecule has 0 saturated carbocycles. The molecule has 3 aromatic rings. The van der Waals surface area contributed by atoms with Gasteiger partial charge in [0.25, 0.3) is 5.56 Å².